The van der Waals surface area contributed by atoms with Gasteiger partial charge in [0.05, 0.1) is 17.7 Å². The number of phenols is 1. The number of guanidine groups is 1. The number of carbonyl (C=O) groups is 10. The van der Waals surface area contributed by atoms with Crippen molar-refractivity contribution in [2.24, 2.45) is 28.3 Å². The van der Waals surface area contributed by atoms with Crippen LogP contribution in [0.2, 0.25) is 0 Å². The highest BCUT2D eigenvalue weighted by Gasteiger charge is 2.41. The lowest BCUT2D eigenvalue weighted by Crippen LogP contribution is -2.62. The zero-order valence-electron chi connectivity index (χ0n) is 45.5. The number of nitro groups is 1. The summed E-state index contributed by atoms with van der Waals surface area (Å²) in [5.74, 6) is -12.2. The van der Waals surface area contributed by atoms with Crippen LogP contribution in [0.3, 0.4) is 0 Å². The number of benzene rings is 2. The fourth-order valence-electron chi connectivity index (χ4n) is 8.87. The highest BCUT2D eigenvalue weighted by Crippen LogP contribution is 2.27. The molecule has 2 heterocycles. The molecular formula is C52H72N14O15. The van der Waals surface area contributed by atoms with Crippen molar-refractivity contribution in [1.29, 1.82) is 0 Å². The first kappa shape index (κ1) is 64.3. The van der Waals surface area contributed by atoms with E-state index in [-0.39, 0.29) is 63.1 Å². The number of aromatic nitrogens is 2. The van der Waals surface area contributed by atoms with E-state index >= 15 is 0 Å². The summed E-state index contributed by atoms with van der Waals surface area (Å²) >= 11 is 0. The third-order valence-electron chi connectivity index (χ3n) is 13.3. The van der Waals surface area contributed by atoms with E-state index in [0.29, 0.717) is 17.7 Å². The number of aliphatic carboxylic acids is 2. The summed E-state index contributed by atoms with van der Waals surface area (Å²) in [5, 5.41) is 59.3. The Kier molecular flexibility index (Phi) is 24.5. The number of rotatable bonds is 31. The number of carboxylic acids is 2. The van der Waals surface area contributed by atoms with Gasteiger partial charge in [0.1, 0.15) is 48.3 Å². The molecule has 3 aromatic rings. The molecule has 0 unspecified atom stereocenters. The van der Waals surface area contributed by atoms with Crippen LogP contribution >= 0.6 is 0 Å². The van der Waals surface area contributed by atoms with Crippen LogP contribution in [-0.4, -0.2) is 162 Å². The van der Waals surface area contributed by atoms with Gasteiger partial charge in [-0.3, -0.25) is 58.3 Å². The number of hydrogen-bond acceptors (Lipinski definition) is 15. The number of aromatic amines is 1. The molecule has 0 radical (unpaired) electrons. The van der Waals surface area contributed by atoms with Gasteiger partial charge in [-0.2, -0.15) is 0 Å². The number of carboxylic acid groups (broad SMARTS) is 2. The number of aliphatic imine (C=N–C) groups is 1. The van der Waals surface area contributed by atoms with Gasteiger partial charge in [0, 0.05) is 57.2 Å². The minimum atomic E-state index is -1.69. The molecule has 440 valence electrons. The number of nitrogens with two attached hydrogens (primary N) is 2. The molecule has 8 amide bonds. The summed E-state index contributed by atoms with van der Waals surface area (Å²) in [7, 11) is 0. The van der Waals surface area contributed by atoms with Crippen molar-refractivity contribution in [3.05, 3.63) is 88.0 Å². The van der Waals surface area contributed by atoms with Crippen molar-refractivity contribution in [3.8, 4) is 5.75 Å². The van der Waals surface area contributed by atoms with Crippen LogP contribution in [0.5, 0.6) is 5.75 Å². The molecule has 81 heavy (non-hydrogen) atoms. The fraction of sp³-hybridized carbons (Fsp3) is 0.500. The van der Waals surface area contributed by atoms with Crippen LogP contribution in [0, 0.1) is 22.0 Å². The van der Waals surface area contributed by atoms with E-state index in [1.165, 1.54) is 37.3 Å². The first-order chi connectivity index (χ1) is 38.3. The van der Waals surface area contributed by atoms with Crippen molar-refractivity contribution in [2.45, 2.75) is 141 Å². The molecule has 0 spiro atoms. The zero-order valence-corrected chi connectivity index (χ0v) is 45.5. The number of phenolic OH excluding ortho intramolecular Hbond substituents is 1. The zero-order chi connectivity index (χ0) is 60.1. The lowest BCUT2D eigenvalue weighted by molar-refractivity contribution is -0.385. The number of imidazole rings is 1. The number of nitrogens with one attached hydrogen (secondary N) is 8. The molecular weight excluding hydrogens is 1060 g/mol. The molecule has 1 aromatic heterocycles. The van der Waals surface area contributed by atoms with Gasteiger partial charge in [-0.05, 0) is 54.7 Å². The van der Waals surface area contributed by atoms with E-state index < -0.39 is 149 Å². The van der Waals surface area contributed by atoms with Gasteiger partial charge in [0.2, 0.25) is 47.3 Å². The Morgan fingerprint density at radius 1 is 0.778 bits per heavy atom. The largest absolute Gasteiger partial charge is 0.502 e. The number of nitrogens with zero attached hydrogens (tertiary/aromatic N) is 4. The summed E-state index contributed by atoms with van der Waals surface area (Å²) in [6, 6.07) is 0.286. The molecule has 4 rings (SSSR count). The molecule has 1 saturated heterocycles. The highest BCUT2D eigenvalue weighted by atomic mass is 16.6. The summed E-state index contributed by atoms with van der Waals surface area (Å²) in [4.78, 5) is 158. The molecule has 2 aromatic carbocycles. The molecule has 1 fully saturated rings. The summed E-state index contributed by atoms with van der Waals surface area (Å²) in [5.41, 5.74) is 11.2. The molecule has 9 atom stereocenters. The van der Waals surface area contributed by atoms with E-state index in [9.17, 15) is 73.4 Å². The number of nitro benzene ring substituents is 1. The Morgan fingerprint density at radius 3 is 1.99 bits per heavy atom. The second-order valence-electron chi connectivity index (χ2n) is 19.9. The first-order valence-corrected chi connectivity index (χ1v) is 26.2. The van der Waals surface area contributed by atoms with E-state index in [4.69, 9.17) is 11.5 Å². The normalized spacial score (nSPS) is 15.9. The van der Waals surface area contributed by atoms with Crippen molar-refractivity contribution in [3.63, 3.8) is 0 Å². The van der Waals surface area contributed by atoms with Gasteiger partial charge in [-0.15, -0.1) is 0 Å². The second-order valence-corrected chi connectivity index (χ2v) is 19.9. The number of hydrogen-bond donors (Lipinski definition) is 13. The predicted molar refractivity (Wildman–Crippen MR) is 289 cm³/mol. The molecule has 15 N–H and O–H groups in total. The number of amides is 8. The van der Waals surface area contributed by atoms with Crippen LogP contribution < -0.4 is 48.7 Å². The first-order valence-electron chi connectivity index (χ1n) is 26.2. The van der Waals surface area contributed by atoms with E-state index in [0.717, 1.165) is 19.1 Å². The second kappa shape index (κ2) is 30.8. The smallest absolute Gasteiger partial charge is 0.326 e. The maximum absolute atomic E-state index is 14.7. The number of carbonyl (C=O) groups excluding carboxylic acids is 8. The van der Waals surface area contributed by atoms with Crippen LogP contribution in [0.1, 0.15) is 90.0 Å². The van der Waals surface area contributed by atoms with Crippen molar-refractivity contribution in [1.82, 2.24) is 52.1 Å². The monoisotopic (exact) mass is 1130 g/mol. The number of H-pyrrole nitrogens is 1. The van der Waals surface area contributed by atoms with E-state index in [1.54, 1.807) is 44.2 Å². The maximum Gasteiger partial charge on any atom is 0.326 e. The lowest BCUT2D eigenvalue weighted by Gasteiger charge is -2.32. The molecule has 29 heteroatoms. The Hall–Kier alpha value is -9.18. The standard InChI is InChI=1S/C52H72N14O15/c1-6-28(4)43(49(76)61-36(23-32-25-55-26-57-32)50(77)65-19-11-15-38(65)47(74)62-37(51(78)79)20-30-12-8-7-9-13-30)64-46(73)34(21-31-16-17-40(68)39(22-31)66(80)81)60-48(75)42(27(2)3)63-44(71)33(14-10-18-56-52(53)54)59-45(72)35(24-41(69)70)58-29(5)67/h7-9,12-13,16-17,22,25-28,33-38,42-43,68H,6,10-11,14-15,18-21,23-24H2,1-5H3,(H,55,57)(H,58,67)(H,59,72)(H,60,75)(H,61,76)(H,62,74)(H,63,71)(H,64,73)(H,69,70)(H,78,79)(H4,53,54,56)/t28-,33-,34-,35-,36-,37-,38-,42-,43-/m0/s1. The third-order valence-corrected chi connectivity index (χ3v) is 13.3. The minimum Gasteiger partial charge on any atom is -0.502 e. The van der Waals surface area contributed by atoms with Crippen LogP contribution in [-0.2, 0) is 67.2 Å². The van der Waals surface area contributed by atoms with Gasteiger partial charge in [0.15, 0.2) is 11.7 Å². The number of aromatic hydroxyl groups is 1. The Labute approximate surface area is 465 Å². The molecule has 1 aliphatic rings. The third kappa shape index (κ3) is 19.9. The highest BCUT2D eigenvalue weighted by molar-refractivity contribution is 5.98. The minimum absolute atomic E-state index is 0.0203. The Bertz CT molecular complexity index is 2740. The maximum atomic E-state index is 14.7. The predicted octanol–water partition coefficient (Wildman–Crippen LogP) is -1.23. The molecule has 0 saturated carbocycles. The van der Waals surface area contributed by atoms with E-state index in [2.05, 4.69) is 52.2 Å². The quantitative estimate of drug-likeness (QED) is 0.0118. The van der Waals surface area contributed by atoms with Crippen molar-refractivity contribution >= 4 is 70.8 Å². The van der Waals surface area contributed by atoms with Gasteiger partial charge in [0.25, 0.3) is 0 Å². The molecule has 0 aliphatic carbocycles. The van der Waals surface area contributed by atoms with Crippen LogP contribution in [0.25, 0.3) is 0 Å². The Balaban J connectivity index is 1.66. The summed E-state index contributed by atoms with van der Waals surface area (Å²) in [6.45, 7) is 7.52. The fourth-order valence-corrected chi connectivity index (χ4v) is 8.87. The van der Waals surface area contributed by atoms with Gasteiger partial charge in [-0.1, -0.05) is 70.5 Å². The van der Waals surface area contributed by atoms with Gasteiger partial charge >= 0.3 is 17.6 Å². The summed E-state index contributed by atoms with van der Waals surface area (Å²) in [6.07, 6.45) is 1.90. The summed E-state index contributed by atoms with van der Waals surface area (Å²) < 4.78 is 0. The molecule has 1 aliphatic heterocycles. The molecule has 0 bridgehead atoms. The van der Waals surface area contributed by atoms with Crippen molar-refractivity contribution < 1.29 is 68.2 Å². The Morgan fingerprint density at radius 2 is 1.40 bits per heavy atom. The average molecular weight is 1130 g/mol. The van der Waals surface area contributed by atoms with Gasteiger partial charge in [-0.25, -0.2) is 9.78 Å². The van der Waals surface area contributed by atoms with Crippen LogP contribution in [0.4, 0.5) is 5.69 Å². The van der Waals surface area contributed by atoms with Gasteiger partial charge < -0.3 is 73.9 Å². The topological polar surface area (TPSA) is 455 Å². The average Bonchev–Trinajstić information content (AvgIpc) is 4.15. The van der Waals surface area contributed by atoms with Crippen molar-refractivity contribution in [2.75, 3.05) is 13.1 Å². The lowest BCUT2D eigenvalue weighted by atomic mass is 9.96. The van der Waals surface area contributed by atoms with Crippen LogP contribution in [0.15, 0.2) is 66.0 Å². The molecule has 29 nitrogen and oxygen atoms in total. The SMILES string of the molecule is CC[C@H](C)[C@H](NC(=O)[C@H](Cc1ccc(O)c([N+](=O)[O-])c1)NC(=O)[C@@H](NC(=O)[C@H](CCCN=C(N)N)NC(=O)[C@H](CC(=O)O)NC(C)=O)C(C)C)C(=O)N[C@@H](Cc1cnc[nH]1)C(=O)N1CCC[C@H]1C(=O)N[C@@H](Cc1ccccc1)C(=O)O. The van der Waals surface area contributed by atoms with E-state index in [1.807, 2.05) is 0 Å². The number of likely N-dealkylation sites (tertiary alicyclic amines) is 1.